The largest absolute Gasteiger partial charge is 0.508 e. The molecule has 0 aromatic heterocycles. The molecule has 0 bridgehead atoms. The van der Waals surface area contributed by atoms with Gasteiger partial charge in [-0.2, -0.15) is 0 Å². The number of aromatic hydroxyl groups is 1. The highest BCUT2D eigenvalue weighted by Crippen LogP contribution is 2.34. The average molecular weight is 1280 g/mol. The number of carbonyl (C=O) groups excluding carboxylic acids is 9. The zero-order valence-corrected chi connectivity index (χ0v) is 54.2. The average Bonchev–Trinajstić information content (AvgIpc) is 0.881. The first kappa shape index (κ1) is 76.3. The molecule has 16 atom stereocenters. The standard InChI is InChI=1S/C61H99N7O22/c1-35-38(4)55(65-41(7)69)59(88-50(35)32-85-44(10)72)82-26-23-79-20-17-62-53(76)30-68(31-54(77)63-18-21-80-24-27-83-60-56(66-42(8)70)39(5)36(2)51(89-60)33-86-45(11)73)49(29-47-13-15-48(75)16-14-47)58(78)64-19-22-81-25-28-84-61-57(67-43(9)71)40(6)37(3)52(90-61)34-87-46(12)74/h13-16,35-40,49-52,55-57,59-61,75H,17-34H2,1-12H3,(H,62,76)(H,63,77)(H,64,78)(H,65,69)(H,66,70)(H,67,71). The number of hydrogen-bond acceptors (Lipinski definition) is 23. The molecule has 3 aliphatic rings. The van der Waals surface area contributed by atoms with Crippen LogP contribution in [0.5, 0.6) is 5.75 Å². The number of amides is 6. The van der Waals surface area contributed by atoms with E-state index < -0.39 is 110 Å². The Labute approximate surface area is 527 Å². The smallest absolute Gasteiger partial charge is 0.302 e. The molecule has 3 saturated heterocycles. The fourth-order valence-corrected chi connectivity index (χ4v) is 10.7. The summed E-state index contributed by atoms with van der Waals surface area (Å²) in [6, 6.07) is 3.54. The van der Waals surface area contributed by atoms with E-state index in [-0.39, 0.29) is 164 Å². The van der Waals surface area contributed by atoms with E-state index in [4.69, 9.17) is 56.8 Å². The van der Waals surface area contributed by atoms with Crippen LogP contribution in [0.3, 0.4) is 0 Å². The molecule has 6 amide bonds. The summed E-state index contributed by atoms with van der Waals surface area (Å²) in [5.74, 6) is -4.35. The number of benzene rings is 1. The molecule has 0 radical (unpaired) electrons. The van der Waals surface area contributed by atoms with Gasteiger partial charge in [-0.05, 0) is 59.6 Å². The Kier molecular flexibility index (Phi) is 33.9. The molecule has 3 heterocycles. The first-order valence-electron chi connectivity index (χ1n) is 30.8. The predicted molar refractivity (Wildman–Crippen MR) is 320 cm³/mol. The van der Waals surface area contributed by atoms with Gasteiger partial charge in [0, 0.05) is 61.2 Å². The van der Waals surface area contributed by atoms with Crippen LogP contribution in [-0.2, 0) is 106 Å². The van der Waals surface area contributed by atoms with Crippen LogP contribution in [0.15, 0.2) is 24.3 Å². The van der Waals surface area contributed by atoms with Crippen molar-refractivity contribution >= 4 is 53.4 Å². The third-order valence-electron chi connectivity index (χ3n) is 16.2. The Hall–Kier alpha value is -6.15. The monoisotopic (exact) mass is 1280 g/mol. The van der Waals surface area contributed by atoms with E-state index >= 15 is 0 Å². The molecule has 0 spiro atoms. The summed E-state index contributed by atoms with van der Waals surface area (Å²) >= 11 is 0. The van der Waals surface area contributed by atoms with Gasteiger partial charge in [0.15, 0.2) is 18.9 Å². The van der Waals surface area contributed by atoms with Crippen molar-refractivity contribution in [3.63, 3.8) is 0 Å². The number of phenols is 1. The highest BCUT2D eigenvalue weighted by Gasteiger charge is 2.46. The number of esters is 3. The summed E-state index contributed by atoms with van der Waals surface area (Å²) in [6.07, 6.45) is -4.05. The van der Waals surface area contributed by atoms with Crippen LogP contribution < -0.4 is 31.9 Å². The Morgan fingerprint density at radius 3 is 1.09 bits per heavy atom. The summed E-state index contributed by atoms with van der Waals surface area (Å²) < 4.78 is 69.6. The van der Waals surface area contributed by atoms with Crippen LogP contribution in [0.4, 0.5) is 0 Å². The van der Waals surface area contributed by atoms with Gasteiger partial charge in [0.25, 0.3) is 0 Å². The lowest BCUT2D eigenvalue weighted by molar-refractivity contribution is -0.246. The Balaban J connectivity index is 1.39. The number of ether oxygens (including phenoxy) is 12. The van der Waals surface area contributed by atoms with Crippen molar-refractivity contribution < 1.29 is 105 Å². The second kappa shape index (κ2) is 40.0. The molecule has 16 unspecified atom stereocenters. The van der Waals surface area contributed by atoms with Crippen molar-refractivity contribution in [2.24, 2.45) is 35.5 Å². The number of rotatable bonds is 38. The molecule has 1 aromatic rings. The minimum atomic E-state index is -1.13. The van der Waals surface area contributed by atoms with Crippen molar-refractivity contribution in [3.05, 3.63) is 29.8 Å². The molecule has 0 saturated carbocycles. The van der Waals surface area contributed by atoms with Gasteiger partial charge < -0.3 is 93.8 Å². The van der Waals surface area contributed by atoms with Crippen LogP contribution in [0.2, 0.25) is 0 Å². The second-order valence-electron chi connectivity index (χ2n) is 23.1. The molecule has 4 rings (SSSR count). The molecular formula is C61H99N7O22. The Morgan fingerprint density at radius 2 is 0.778 bits per heavy atom. The molecule has 3 aliphatic heterocycles. The fourth-order valence-electron chi connectivity index (χ4n) is 10.7. The minimum Gasteiger partial charge on any atom is -0.508 e. The third kappa shape index (κ3) is 27.0. The highest BCUT2D eigenvalue weighted by molar-refractivity contribution is 5.86. The van der Waals surface area contributed by atoms with Gasteiger partial charge in [-0.3, -0.25) is 48.1 Å². The zero-order chi connectivity index (χ0) is 66.5. The lowest BCUT2D eigenvalue weighted by atomic mass is 9.82. The molecule has 0 aliphatic carbocycles. The van der Waals surface area contributed by atoms with Crippen molar-refractivity contribution in [3.8, 4) is 5.75 Å². The van der Waals surface area contributed by atoms with Gasteiger partial charge in [-0.1, -0.05) is 53.7 Å². The first-order valence-corrected chi connectivity index (χ1v) is 30.8. The van der Waals surface area contributed by atoms with E-state index in [2.05, 4.69) is 31.9 Å². The third-order valence-corrected chi connectivity index (χ3v) is 16.2. The van der Waals surface area contributed by atoms with Gasteiger partial charge >= 0.3 is 17.9 Å². The highest BCUT2D eigenvalue weighted by atomic mass is 16.7. The van der Waals surface area contributed by atoms with Gasteiger partial charge in [0.2, 0.25) is 35.4 Å². The molecule has 29 heteroatoms. The maximum atomic E-state index is 14.4. The number of nitrogens with one attached hydrogen (secondary N) is 6. The van der Waals surface area contributed by atoms with Crippen molar-refractivity contribution in [1.82, 2.24) is 36.8 Å². The van der Waals surface area contributed by atoms with E-state index in [1.54, 1.807) is 12.1 Å². The summed E-state index contributed by atoms with van der Waals surface area (Å²) in [6.45, 7) is 19.5. The minimum absolute atomic E-state index is 0.00528. The van der Waals surface area contributed by atoms with Crippen LogP contribution in [0, 0.1) is 35.5 Å². The van der Waals surface area contributed by atoms with E-state index in [0.29, 0.717) is 5.56 Å². The molecule has 90 heavy (non-hydrogen) atoms. The molecule has 7 N–H and O–H groups in total. The van der Waals surface area contributed by atoms with Crippen LogP contribution in [0.1, 0.15) is 88.6 Å². The van der Waals surface area contributed by atoms with Gasteiger partial charge in [-0.15, -0.1) is 0 Å². The summed E-state index contributed by atoms with van der Waals surface area (Å²) in [5, 5.41) is 27.3. The topological polar surface area (TPSA) is 360 Å². The summed E-state index contributed by atoms with van der Waals surface area (Å²) in [5.41, 5.74) is 0.608. The number of phenolic OH excluding ortho intramolecular Hbond substituents is 1. The maximum absolute atomic E-state index is 14.4. The zero-order valence-electron chi connectivity index (χ0n) is 54.2. The number of hydrogen-bond donors (Lipinski definition) is 7. The van der Waals surface area contributed by atoms with E-state index in [1.165, 1.54) is 58.6 Å². The molecule has 29 nitrogen and oxygen atoms in total. The quantitative estimate of drug-likeness (QED) is 0.0265. The fraction of sp³-hybridized carbons (Fsp3) is 0.754. The van der Waals surface area contributed by atoms with Gasteiger partial charge in [0.1, 0.15) is 25.6 Å². The lowest BCUT2D eigenvalue weighted by Gasteiger charge is -2.44. The van der Waals surface area contributed by atoms with E-state index in [9.17, 15) is 48.3 Å². The maximum Gasteiger partial charge on any atom is 0.302 e. The second-order valence-corrected chi connectivity index (χ2v) is 23.1. The molecule has 3 fully saturated rings. The van der Waals surface area contributed by atoms with Crippen LogP contribution in [-0.4, -0.2) is 237 Å². The van der Waals surface area contributed by atoms with Crippen molar-refractivity contribution in [2.45, 2.75) is 151 Å². The van der Waals surface area contributed by atoms with Gasteiger partial charge in [0.05, 0.1) is 115 Å². The summed E-state index contributed by atoms with van der Waals surface area (Å²) in [7, 11) is 0. The lowest BCUT2D eigenvalue weighted by Crippen LogP contribution is -2.58. The molecule has 510 valence electrons. The van der Waals surface area contributed by atoms with Crippen LogP contribution in [0.25, 0.3) is 0 Å². The SMILES string of the molecule is CC(=O)NC1C(OCCOCCNC(=O)CN(CC(=O)NCCOCCOC2OC(COC(C)=O)C(C)C(C)C2NC(C)=O)C(Cc2ccc(O)cc2)C(=O)NCCOCCOC2OC(COC(C)=O)C(C)C(C)C2NC(C)=O)OC(COC(C)=O)C(C)C1C. The van der Waals surface area contributed by atoms with Crippen molar-refractivity contribution in [2.75, 3.05) is 112 Å². The normalized spacial score (nSPS) is 26.9. The Morgan fingerprint density at radius 1 is 0.456 bits per heavy atom. The van der Waals surface area contributed by atoms with Crippen LogP contribution >= 0.6 is 0 Å². The summed E-state index contributed by atoms with van der Waals surface area (Å²) in [4.78, 5) is 114. The number of nitrogens with zero attached hydrogens (tertiary/aromatic N) is 1. The first-order chi connectivity index (χ1) is 42.7. The van der Waals surface area contributed by atoms with E-state index in [1.807, 2.05) is 41.5 Å². The molecular weight excluding hydrogens is 1180 g/mol. The van der Waals surface area contributed by atoms with Gasteiger partial charge in [-0.25, -0.2) is 0 Å². The van der Waals surface area contributed by atoms with Crippen molar-refractivity contribution in [1.29, 1.82) is 0 Å². The number of carbonyl (C=O) groups is 9. The Bertz CT molecular complexity index is 2330. The predicted octanol–water partition coefficient (Wildman–Crippen LogP) is 0.248. The molecule has 1 aromatic carbocycles. The van der Waals surface area contributed by atoms with E-state index in [0.717, 1.165) is 0 Å².